The summed E-state index contributed by atoms with van der Waals surface area (Å²) in [4.78, 5) is 4.85. The van der Waals surface area contributed by atoms with Crippen LogP contribution in [-0.4, -0.2) is 11.3 Å². The second kappa shape index (κ2) is 20.9. The molecule has 3 nitrogen and oxygen atoms in total. The van der Waals surface area contributed by atoms with Gasteiger partial charge in [0, 0.05) is 56.5 Å². The molecule has 0 aliphatic carbocycles. The lowest BCUT2D eigenvalue weighted by Gasteiger charge is -2.44. The van der Waals surface area contributed by atoms with Gasteiger partial charge in [0.25, 0.3) is 6.71 Å². The number of para-hydroxylation sites is 1. The van der Waals surface area contributed by atoms with Crippen LogP contribution >= 0.6 is 0 Å². The summed E-state index contributed by atoms with van der Waals surface area (Å²) in [5.41, 5.74) is 21.1. The molecule has 3 heterocycles. The van der Waals surface area contributed by atoms with Crippen LogP contribution in [0.3, 0.4) is 0 Å². The molecule has 0 bridgehead atoms. The van der Waals surface area contributed by atoms with Gasteiger partial charge in [-0.2, -0.15) is 13.2 Å². The van der Waals surface area contributed by atoms with Crippen molar-refractivity contribution in [2.24, 2.45) is 0 Å². The topological polar surface area (TPSA) is 11.4 Å². The molecule has 14 aromatic rings. The van der Waals surface area contributed by atoms with Gasteiger partial charge in [0.2, 0.25) is 0 Å². The molecule has 88 heavy (non-hydrogen) atoms. The van der Waals surface area contributed by atoms with Gasteiger partial charge in [0.1, 0.15) is 11.6 Å². The van der Waals surface area contributed by atoms with Crippen LogP contribution in [-0.2, 0) is 6.18 Å². The largest absolute Gasteiger partial charge is 0.416 e. The highest BCUT2D eigenvalue weighted by Crippen LogP contribution is 2.49. The molecule has 9 heteroatoms. The zero-order valence-corrected chi connectivity index (χ0v) is 47.1. The Labute approximate surface area is 505 Å². The van der Waals surface area contributed by atoms with Crippen LogP contribution in [0.2, 0.25) is 0 Å². The minimum absolute atomic E-state index is 0.0169. The quantitative estimate of drug-likeness (QED) is 0.105. The SMILES string of the molecule is Fc1cc(F)cc(-c2cc(C(F)(F)F)ccc2-n2c3ccccc3c3cc(-c4cc5c6c(c4)N(c4ccc(-c7ccccc7)cc4)c4ccc(-c7ccccc7)cc4B6c4cc(-c6ccccc6)ccc4N5c4ccc(-c5ccccc5)cc4)ccc32)c1. The average molecular weight is 1150 g/mol. The lowest BCUT2D eigenvalue weighted by molar-refractivity contribution is -0.137. The molecule has 0 saturated carbocycles. The van der Waals surface area contributed by atoms with Crippen molar-refractivity contribution in [2.75, 3.05) is 9.80 Å². The van der Waals surface area contributed by atoms with E-state index in [9.17, 15) is 13.2 Å². The predicted octanol–water partition coefficient (Wildman–Crippen LogP) is 20.2. The number of halogens is 5. The Balaban J connectivity index is 0.966. The van der Waals surface area contributed by atoms with E-state index in [0.29, 0.717) is 16.7 Å². The van der Waals surface area contributed by atoms with Gasteiger partial charge in [-0.15, -0.1) is 0 Å². The first kappa shape index (κ1) is 52.5. The van der Waals surface area contributed by atoms with E-state index in [-0.39, 0.29) is 17.8 Å². The number of anilines is 6. The zero-order chi connectivity index (χ0) is 59.2. The molecule has 418 valence electrons. The van der Waals surface area contributed by atoms with Crippen LogP contribution in [0.25, 0.3) is 94.3 Å². The number of fused-ring (bicyclic) bond motifs is 7. The van der Waals surface area contributed by atoms with Crippen molar-refractivity contribution in [3.63, 3.8) is 0 Å². The number of hydrogen-bond acceptors (Lipinski definition) is 2. The molecule has 0 radical (unpaired) electrons. The molecule has 2 aliphatic heterocycles. The monoisotopic (exact) mass is 1150 g/mol. The summed E-state index contributed by atoms with van der Waals surface area (Å²) in [5.74, 6) is -1.79. The summed E-state index contributed by atoms with van der Waals surface area (Å²) in [5, 5.41) is 1.69. The van der Waals surface area contributed by atoms with E-state index in [4.69, 9.17) is 0 Å². The Bertz CT molecular complexity index is 4810. The highest BCUT2D eigenvalue weighted by atomic mass is 19.4. The molecule has 13 aromatic carbocycles. The molecule has 0 spiro atoms. The summed E-state index contributed by atoms with van der Waals surface area (Å²) in [6, 6.07) is 98.3. The molecule has 0 amide bonds. The van der Waals surface area contributed by atoms with Crippen molar-refractivity contribution < 1.29 is 22.0 Å². The number of alkyl halides is 3. The van der Waals surface area contributed by atoms with E-state index in [0.717, 1.165) is 136 Å². The smallest absolute Gasteiger partial charge is 0.311 e. The molecule has 1 aromatic heterocycles. The summed E-state index contributed by atoms with van der Waals surface area (Å²) in [7, 11) is 0. The molecular weight excluding hydrogens is 1100 g/mol. The van der Waals surface area contributed by atoms with E-state index in [1.165, 1.54) is 17.0 Å². The summed E-state index contributed by atoms with van der Waals surface area (Å²) in [6.07, 6.45) is -4.72. The molecule has 0 N–H and O–H groups in total. The third kappa shape index (κ3) is 8.96. The summed E-state index contributed by atoms with van der Waals surface area (Å²) in [6.45, 7) is -0.235. The van der Waals surface area contributed by atoms with Crippen LogP contribution in [0.1, 0.15) is 5.56 Å². The Morgan fingerprint density at radius 3 is 1.19 bits per heavy atom. The van der Waals surface area contributed by atoms with E-state index < -0.39 is 23.4 Å². The number of rotatable bonds is 9. The zero-order valence-electron chi connectivity index (χ0n) is 47.1. The number of benzene rings is 13. The lowest BCUT2D eigenvalue weighted by atomic mass is 9.33. The first-order valence-electron chi connectivity index (χ1n) is 29.3. The van der Waals surface area contributed by atoms with Crippen LogP contribution in [0.4, 0.5) is 56.1 Å². The van der Waals surface area contributed by atoms with Crippen LogP contribution in [0.15, 0.2) is 297 Å². The van der Waals surface area contributed by atoms with Gasteiger partial charge >= 0.3 is 6.18 Å². The fraction of sp³-hybridized carbons (Fsp3) is 0.0127. The van der Waals surface area contributed by atoms with Gasteiger partial charge in [0.15, 0.2) is 0 Å². The maximum atomic E-state index is 15.1. The number of aromatic nitrogens is 1. The normalized spacial score (nSPS) is 12.5. The fourth-order valence-corrected chi connectivity index (χ4v) is 13.5. The van der Waals surface area contributed by atoms with Gasteiger partial charge < -0.3 is 14.4 Å². The van der Waals surface area contributed by atoms with Crippen molar-refractivity contribution in [3.8, 4) is 72.4 Å². The first-order chi connectivity index (χ1) is 43.1. The van der Waals surface area contributed by atoms with Crippen LogP contribution in [0.5, 0.6) is 0 Å². The van der Waals surface area contributed by atoms with Crippen molar-refractivity contribution in [1.29, 1.82) is 0 Å². The van der Waals surface area contributed by atoms with E-state index in [2.05, 4.69) is 228 Å². The molecule has 0 unspecified atom stereocenters. The Hall–Kier alpha value is -11.0. The van der Waals surface area contributed by atoms with Crippen LogP contribution < -0.4 is 26.2 Å². The third-order valence-electron chi connectivity index (χ3n) is 17.5. The third-order valence-corrected chi connectivity index (χ3v) is 17.5. The van der Waals surface area contributed by atoms with E-state index in [1.807, 2.05) is 47.0 Å². The van der Waals surface area contributed by atoms with Crippen molar-refractivity contribution in [1.82, 2.24) is 4.57 Å². The minimum atomic E-state index is -4.72. The van der Waals surface area contributed by atoms with Gasteiger partial charge in [-0.1, -0.05) is 194 Å². The van der Waals surface area contributed by atoms with Crippen molar-refractivity contribution >= 4 is 79.0 Å². The van der Waals surface area contributed by atoms with E-state index >= 15 is 8.78 Å². The Morgan fingerprint density at radius 1 is 0.284 bits per heavy atom. The molecule has 0 saturated heterocycles. The highest BCUT2D eigenvalue weighted by molar-refractivity contribution is 7.00. The van der Waals surface area contributed by atoms with E-state index in [1.54, 1.807) is 0 Å². The second-order valence-corrected chi connectivity index (χ2v) is 22.6. The molecule has 2 aliphatic rings. The maximum absolute atomic E-state index is 15.1. The summed E-state index contributed by atoms with van der Waals surface area (Å²) >= 11 is 0. The van der Waals surface area contributed by atoms with Gasteiger partial charge in [0.05, 0.1) is 22.3 Å². The molecule has 0 atom stereocenters. The number of nitrogens with zero attached hydrogens (tertiary/aromatic N) is 3. The predicted molar refractivity (Wildman–Crippen MR) is 352 cm³/mol. The standard InChI is InChI=1S/C79H49BF5N3/c81-62-41-60(42-63(82)49-62)67-48-61(79(83,84)85)32-40-72(67)88-71-24-14-13-23-66(71)68-43-56(29-37-73(68)88)59-46-76-78-77(47-59)87(65-35-27-55(28-36-65)51-17-7-2-8-18-51)75-39-31-58(53-21-11-4-12-22-53)45-70(75)80(78)69-44-57(52-19-9-3-10-20-52)30-38-74(69)86(76)64-33-25-54(26-34-64)50-15-5-1-6-16-50/h1-49H. The fourth-order valence-electron chi connectivity index (χ4n) is 13.5. The Morgan fingerprint density at radius 2 is 0.693 bits per heavy atom. The number of hydrogen-bond donors (Lipinski definition) is 0. The summed E-state index contributed by atoms with van der Waals surface area (Å²) < 4.78 is 75.7. The average Bonchev–Trinajstić information content (AvgIpc) is 0.770. The minimum Gasteiger partial charge on any atom is -0.311 e. The maximum Gasteiger partial charge on any atom is 0.416 e. The first-order valence-corrected chi connectivity index (χ1v) is 29.3. The molecule has 0 fully saturated rings. The highest BCUT2D eigenvalue weighted by Gasteiger charge is 2.44. The van der Waals surface area contributed by atoms with Crippen molar-refractivity contribution in [3.05, 3.63) is 314 Å². The molecular formula is C79H49BF5N3. The molecule has 16 rings (SSSR count). The lowest BCUT2D eigenvalue weighted by Crippen LogP contribution is -2.61. The van der Waals surface area contributed by atoms with Gasteiger partial charge in [-0.25, -0.2) is 8.78 Å². The van der Waals surface area contributed by atoms with Gasteiger partial charge in [-0.3, -0.25) is 0 Å². The van der Waals surface area contributed by atoms with Gasteiger partial charge in [-0.05, 0) is 175 Å². The second-order valence-electron chi connectivity index (χ2n) is 22.6. The van der Waals surface area contributed by atoms with Crippen LogP contribution in [0, 0.1) is 11.6 Å². The van der Waals surface area contributed by atoms with Crippen molar-refractivity contribution in [2.45, 2.75) is 6.18 Å². The Kier molecular flexibility index (Phi) is 12.5.